The number of carboxylic acids is 1. The van der Waals surface area contributed by atoms with Gasteiger partial charge in [-0.1, -0.05) is 55.5 Å². The van der Waals surface area contributed by atoms with Gasteiger partial charge < -0.3 is 25.2 Å². The van der Waals surface area contributed by atoms with Crippen LogP contribution in [0.3, 0.4) is 0 Å². The van der Waals surface area contributed by atoms with Gasteiger partial charge in [-0.2, -0.15) is 0 Å². The van der Waals surface area contributed by atoms with Crippen LogP contribution in [0.2, 0.25) is 0 Å². The van der Waals surface area contributed by atoms with Crippen molar-refractivity contribution in [3.05, 3.63) is 59.7 Å². The average molecular weight is 481 g/mol. The summed E-state index contributed by atoms with van der Waals surface area (Å²) in [4.78, 5) is 36.1. The van der Waals surface area contributed by atoms with E-state index in [0.29, 0.717) is 25.9 Å². The Bertz CT molecular complexity index is 1030. The molecule has 2 aliphatic rings. The topological polar surface area (TPSA) is 114 Å². The zero-order valence-corrected chi connectivity index (χ0v) is 19.9. The van der Waals surface area contributed by atoms with E-state index in [-0.39, 0.29) is 43.4 Å². The lowest BCUT2D eigenvalue weighted by molar-refractivity contribution is -0.138. The Kier molecular flexibility index (Phi) is 8.02. The molecule has 4 rings (SSSR count). The van der Waals surface area contributed by atoms with Crippen molar-refractivity contribution in [2.75, 3.05) is 19.8 Å². The van der Waals surface area contributed by atoms with Crippen molar-refractivity contribution in [1.29, 1.82) is 0 Å². The van der Waals surface area contributed by atoms with Crippen LogP contribution in [0.4, 0.5) is 4.79 Å². The van der Waals surface area contributed by atoms with E-state index in [9.17, 15) is 14.4 Å². The maximum atomic E-state index is 12.7. The molecule has 0 saturated carbocycles. The predicted octanol–water partition coefficient (Wildman–Crippen LogP) is 3.69. The Labute approximate surface area is 205 Å². The van der Waals surface area contributed by atoms with Crippen LogP contribution in [0.15, 0.2) is 48.5 Å². The molecule has 8 nitrogen and oxygen atoms in total. The van der Waals surface area contributed by atoms with Crippen LogP contribution < -0.4 is 10.6 Å². The largest absolute Gasteiger partial charge is 0.481 e. The minimum absolute atomic E-state index is 0.00290. The van der Waals surface area contributed by atoms with Crippen molar-refractivity contribution in [2.45, 2.75) is 50.7 Å². The third-order valence-electron chi connectivity index (χ3n) is 6.87. The Morgan fingerprint density at radius 2 is 1.74 bits per heavy atom. The Morgan fingerprint density at radius 1 is 1.09 bits per heavy atom. The summed E-state index contributed by atoms with van der Waals surface area (Å²) in [6.07, 6.45) is 0.445. The number of hydrogen-bond donors (Lipinski definition) is 3. The molecule has 3 atom stereocenters. The molecule has 3 N–H and O–H groups in total. The molecule has 2 aromatic rings. The normalized spacial score (nSPS) is 19.5. The third-order valence-corrected chi connectivity index (χ3v) is 6.87. The van der Waals surface area contributed by atoms with Crippen LogP contribution >= 0.6 is 0 Å². The lowest BCUT2D eigenvalue weighted by Gasteiger charge is -2.22. The van der Waals surface area contributed by atoms with Crippen molar-refractivity contribution < 1.29 is 29.0 Å². The number of amides is 2. The summed E-state index contributed by atoms with van der Waals surface area (Å²) < 4.78 is 11.2. The maximum Gasteiger partial charge on any atom is 0.407 e. The zero-order valence-electron chi connectivity index (χ0n) is 19.9. The molecule has 1 unspecified atom stereocenters. The van der Waals surface area contributed by atoms with Crippen LogP contribution in [-0.4, -0.2) is 55.0 Å². The quantitative estimate of drug-likeness (QED) is 0.478. The van der Waals surface area contributed by atoms with E-state index in [2.05, 4.69) is 34.9 Å². The highest BCUT2D eigenvalue weighted by molar-refractivity contribution is 5.82. The van der Waals surface area contributed by atoms with Crippen LogP contribution in [-0.2, 0) is 19.1 Å². The Morgan fingerprint density at radius 3 is 2.37 bits per heavy atom. The number of carbonyl (C=O) groups excluding carboxylic acids is 2. The van der Waals surface area contributed by atoms with Gasteiger partial charge in [-0.15, -0.1) is 0 Å². The lowest BCUT2D eigenvalue weighted by atomic mass is 9.98. The van der Waals surface area contributed by atoms with E-state index in [1.165, 1.54) is 11.1 Å². The molecule has 186 valence electrons. The molecule has 0 aromatic heterocycles. The number of nitrogens with one attached hydrogen (secondary N) is 2. The molecule has 2 amide bonds. The number of ether oxygens (including phenoxy) is 2. The van der Waals surface area contributed by atoms with Gasteiger partial charge in [0.15, 0.2) is 0 Å². The van der Waals surface area contributed by atoms with Crippen LogP contribution in [0.1, 0.15) is 49.7 Å². The molecule has 8 heteroatoms. The molecule has 1 fully saturated rings. The second-order valence-electron chi connectivity index (χ2n) is 9.09. The van der Waals surface area contributed by atoms with Gasteiger partial charge in [0.1, 0.15) is 12.7 Å². The van der Waals surface area contributed by atoms with Gasteiger partial charge in [0.05, 0.1) is 0 Å². The van der Waals surface area contributed by atoms with Gasteiger partial charge in [0.2, 0.25) is 5.91 Å². The summed E-state index contributed by atoms with van der Waals surface area (Å²) in [5, 5.41) is 14.6. The SMILES string of the molecule is CCC(CCC(=O)O)NC(=O)[C@@H]1OCC[C@@H]1CNC(=O)OCC1c2ccccc2-c2ccccc21. The first-order chi connectivity index (χ1) is 17.0. The molecular weight excluding hydrogens is 448 g/mol. The molecule has 1 saturated heterocycles. The van der Waals surface area contributed by atoms with Crippen molar-refractivity contribution in [2.24, 2.45) is 5.92 Å². The summed E-state index contributed by atoms with van der Waals surface area (Å²) in [6, 6.07) is 16.1. The van der Waals surface area contributed by atoms with E-state index in [4.69, 9.17) is 14.6 Å². The number of carboxylic acid groups (broad SMARTS) is 1. The minimum Gasteiger partial charge on any atom is -0.481 e. The van der Waals surface area contributed by atoms with Gasteiger partial charge in [0.25, 0.3) is 0 Å². The number of aliphatic carboxylic acids is 1. The average Bonchev–Trinajstić information content (AvgIpc) is 3.46. The summed E-state index contributed by atoms with van der Waals surface area (Å²) >= 11 is 0. The number of carbonyl (C=O) groups is 3. The Balaban J connectivity index is 1.28. The summed E-state index contributed by atoms with van der Waals surface area (Å²) in [5.41, 5.74) is 4.64. The van der Waals surface area contributed by atoms with E-state index in [1.54, 1.807) is 0 Å². The van der Waals surface area contributed by atoms with Crippen molar-refractivity contribution in [1.82, 2.24) is 10.6 Å². The highest BCUT2D eigenvalue weighted by Crippen LogP contribution is 2.44. The molecule has 2 aromatic carbocycles. The highest BCUT2D eigenvalue weighted by Gasteiger charge is 2.35. The second kappa shape index (κ2) is 11.4. The zero-order chi connectivity index (χ0) is 24.8. The lowest BCUT2D eigenvalue weighted by Crippen LogP contribution is -2.45. The van der Waals surface area contributed by atoms with Gasteiger partial charge >= 0.3 is 12.1 Å². The predicted molar refractivity (Wildman–Crippen MR) is 130 cm³/mol. The van der Waals surface area contributed by atoms with Gasteiger partial charge in [-0.3, -0.25) is 9.59 Å². The fourth-order valence-corrected chi connectivity index (χ4v) is 4.96. The number of fused-ring (bicyclic) bond motifs is 3. The van der Waals surface area contributed by atoms with Crippen molar-refractivity contribution in [3.63, 3.8) is 0 Å². The van der Waals surface area contributed by atoms with E-state index in [0.717, 1.165) is 11.1 Å². The second-order valence-corrected chi connectivity index (χ2v) is 9.09. The van der Waals surface area contributed by atoms with E-state index < -0.39 is 18.2 Å². The highest BCUT2D eigenvalue weighted by atomic mass is 16.5. The molecule has 35 heavy (non-hydrogen) atoms. The van der Waals surface area contributed by atoms with Crippen LogP contribution in [0.5, 0.6) is 0 Å². The molecule has 1 heterocycles. The van der Waals surface area contributed by atoms with Gasteiger partial charge in [0, 0.05) is 37.5 Å². The molecule has 0 radical (unpaired) electrons. The number of rotatable bonds is 10. The van der Waals surface area contributed by atoms with Crippen LogP contribution in [0, 0.1) is 5.92 Å². The standard InChI is InChI=1S/C27H32N2O6/c1-2-18(11-12-24(30)31)29-26(32)25-17(13-14-34-25)15-28-27(33)35-16-23-21-9-5-3-7-19(21)20-8-4-6-10-22(20)23/h3-10,17-18,23,25H,2,11-16H2,1H3,(H,28,33)(H,29,32)(H,30,31)/t17-,18?,25-/m1/s1. The first-order valence-corrected chi connectivity index (χ1v) is 12.2. The minimum atomic E-state index is -0.889. The van der Waals surface area contributed by atoms with E-state index in [1.807, 2.05) is 31.2 Å². The first-order valence-electron chi connectivity index (χ1n) is 12.2. The molecule has 0 bridgehead atoms. The molecular formula is C27H32N2O6. The smallest absolute Gasteiger partial charge is 0.407 e. The summed E-state index contributed by atoms with van der Waals surface area (Å²) in [6.45, 7) is 2.83. The molecule has 1 aliphatic carbocycles. The fourth-order valence-electron chi connectivity index (χ4n) is 4.96. The van der Waals surface area contributed by atoms with Crippen LogP contribution in [0.25, 0.3) is 11.1 Å². The number of benzene rings is 2. The van der Waals surface area contributed by atoms with Gasteiger partial charge in [-0.25, -0.2) is 4.79 Å². The van der Waals surface area contributed by atoms with E-state index >= 15 is 0 Å². The fraction of sp³-hybridized carbons (Fsp3) is 0.444. The monoisotopic (exact) mass is 480 g/mol. The van der Waals surface area contributed by atoms with Crippen molar-refractivity contribution >= 4 is 18.0 Å². The number of alkyl carbamates (subject to hydrolysis) is 1. The number of hydrogen-bond acceptors (Lipinski definition) is 5. The molecule has 1 aliphatic heterocycles. The maximum absolute atomic E-state index is 12.7. The summed E-state index contributed by atoms with van der Waals surface area (Å²) in [7, 11) is 0. The van der Waals surface area contributed by atoms with Gasteiger partial charge in [-0.05, 0) is 41.5 Å². The molecule has 0 spiro atoms. The summed E-state index contributed by atoms with van der Waals surface area (Å²) in [5.74, 6) is -1.34. The Hall–Kier alpha value is -3.39. The third kappa shape index (κ3) is 5.82. The first kappa shape index (κ1) is 24.7. The van der Waals surface area contributed by atoms with Crippen molar-refractivity contribution in [3.8, 4) is 11.1 Å².